The molecule has 0 bridgehead atoms. The third-order valence-corrected chi connectivity index (χ3v) is 5.90. The van der Waals surface area contributed by atoms with Crippen molar-refractivity contribution in [3.8, 4) is 0 Å². The highest BCUT2D eigenvalue weighted by Gasteiger charge is 2.16. The first-order valence-corrected chi connectivity index (χ1v) is 10.1. The SMILES string of the molecule is CC1=CCC(C2=CC=C(CCl)CC2)=CC=C1SCC(=O)NC(C)C(=O)O. The lowest BCUT2D eigenvalue weighted by molar-refractivity contribution is -0.140. The molecule has 0 aromatic carbocycles. The van der Waals surface area contributed by atoms with Crippen LogP contribution in [0, 0.1) is 0 Å². The van der Waals surface area contributed by atoms with Crippen molar-refractivity contribution in [2.24, 2.45) is 0 Å². The van der Waals surface area contributed by atoms with Crippen LogP contribution in [0.1, 0.15) is 33.1 Å². The van der Waals surface area contributed by atoms with Gasteiger partial charge in [-0.2, -0.15) is 0 Å². The molecule has 1 unspecified atom stereocenters. The van der Waals surface area contributed by atoms with Crippen LogP contribution in [0.15, 0.2) is 57.6 Å². The summed E-state index contributed by atoms with van der Waals surface area (Å²) in [5.41, 5.74) is 5.02. The summed E-state index contributed by atoms with van der Waals surface area (Å²) < 4.78 is 0. The van der Waals surface area contributed by atoms with Crippen molar-refractivity contribution in [2.45, 2.75) is 39.2 Å². The summed E-state index contributed by atoms with van der Waals surface area (Å²) in [6.07, 6.45) is 13.5. The van der Waals surface area contributed by atoms with Gasteiger partial charge in [0.15, 0.2) is 0 Å². The van der Waals surface area contributed by atoms with Crippen molar-refractivity contribution < 1.29 is 14.7 Å². The third-order valence-electron chi connectivity index (χ3n) is 4.38. The molecule has 2 N–H and O–H groups in total. The number of halogens is 1. The Hall–Kier alpha value is -1.72. The predicted octanol–water partition coefficient (Wildman–Crippen LogP) is 4.35. The van der Waals surface area contributed by atoms with Gasteiger partial charge in [0.1, 0.15) is 6.04 Å². The minimum Gasteiger partial charge on any atom is -0.480 e. The minimum absolute atomic E-state index is 0.197. The standard InChI is InChI=1S/C20H24ClNO3S/c1-13-3-6-16(17-7-4-15(11-21)5-8-17)9-10-18(13)26-12-19(23)22-14(2)20(24)25/h3-4,7,9-10,14H,5-6,8,11-12H2,1-2H3,(H,22,23)(H,24,25). The molecule has 140 valence electrons. The zero-order valence-electron chi connectivity index (χ0n) is 15.0. The summed E-state index contributed by atoms with van der Waals surface area (Å²) in [5, 5.41) is 11.3. The Balaban J connectivity index is 2.01. The molecule has 2 aliphatic rings. The molecular formula is C20H24ClNO3S. The summed E-state index contributed by atoms with van der Waals surface area (Å²) in [6.45, 7) is 3.49. The second kappa shape index (κ2) is 9.83. The van der Waals surface area contributed by atoms with Crippen LogP contribution in [0.2, 0.25) is 0 Å². The van der Waals surface area contributed by atoms with E-state index in [1.807, 2.05) is 13.0 Å². The molecule has 6 heteroatoms. The monoisotopic (exact) mass is 393 g/mol. The normalized spacial score (nSPS) is 18.5. The number of hydrogen-bond acceptors (Lipinski definition) is 3. The molecule has 0 saturated heterocycles. The number of nitrogens with one attached hydrogen (secondary N) is 1. The number of allylic oxidation sites excluding steroid dienone is 9. The van der Waals surface area contributed by atoms with Crippen LogP contribution in [0.5, 0.6) is 0 Å². The highest BCUT2D eigenvalue weighted by molar-refractivity contribution is 8.03. The van der Waals surface area contributed by atoms with E-state index >= 15 is 0 Å². The Morgan fingerprint density at radius 3 is 2.58 bits per heavy atom. The van der Waals surface area contributed by atoms with Crippen LogP contribution >= 0.6 is 23.4 Å². The fourth-order valence-corrected chi connectivity index (χ4v) is 3.75. The fraction of sp³-hybridized carbons (Fsp3) is 0.400. The van der Waals surface area contributed by atoms with Crippen LogP contribution in [0.3, 0.4) is 0 Å². The molecule has 0 aliphatic heterocycles. The molecule has 26 heavy (non-hydrogen) atoms. The smallest absolute Gasteiger partial charge is 0.325 e. The highest BCUT2D eigenvalue weighted by Crippen LogP contribution is 2.32. The first-order chi connectivity index (χ1) is 12.4. The maximum Gasteiger partial charge on any atom is 0.325 e. The van der Waals surface area contributed by atoms with Crippen molar-refractivity contribution in [1.82, 2.24) is 5.32 Å². The van der Waals surface area contributed by atoms with Crippen molar-refractivity contribution in [2.75, 3.05) is 11.6 Å². The van der Waals surface area contributed by atoms with E-state index in [1.165, 1.54) is 35.4 Å². The number of alkyl halides is 1. The average molecular weight is 394 g/mol. The Kier molecular flexibility index (Phi) is 7.79. The van der Waals surface area contributed by atoms with Crippen LogP contribution < -0.4 is 5.32 Å². The van der Waals surface area contributed by atoms with E-state index in [2.05, 4.69) is 29.6 Å². The van der Waals surface area contributed by atoms with E-state index in [-0.39, 0.29) is 11.7 Å². The van der Waals surface area contributed by atoms with E-state index in [4.69, 9.17) is 16.7 Å². The number of thioether (sulfide) groups is 1. The minimum atomic E-state index is -1.03. The zero-order chi connectivity index (χ0) is 19.1. The van der Waals surface area contributed by atoms with Crippen molar-refractivity contribution in [3.63, 3.8) is 0 Å². The lowest BCUT2D eigenvalue weighted by Crippen LogP contribution is -2.39. The van der Waals surface area contributed by atoms with Gasteiger partial charge in [0.25, 0.3) is 0 Å². The number of amides is 1. The Morgan fingerprint density at radius 2 is 1.96 bits per heavy atom. The molecule has 0 aromatic heterocycles. The van der Waals surface area contributed by atoms with Crippen LogP contribution in [-0.4, -0.2) is 34.7 Å². The Bertz CT molecular complexity index is 731. The number of carboxylic acids is 1. The summed E-state index contributed by atoms with van der Waals surface area (Å²) in [4.78, 5) is 23.7. The molecule has 0 radical (unpaired) electrons. The van der Waals surface area contributed by atoms with Gasteiger partial charge in [-0.15, -0.1) is 23.4 Å². The molecule has 0 saturated carbocycles. The van der Waals surface area contributed by atoms with Crippen molar-refractivity contribution in [3.05, 3.63) is 57.6 Å². The molecular weight excluding hydrogens is 370 g/mol. The van der Waals surface area contributed by atoms with Gasteiger partial charge < -0.3 is 10.4 Å². The molecule has 0 heterocycles. The molecule has 1 atom stereocenters. The van der Waals surface area contributed by atoms with Gasteiger partial charge in [-0.1, -0.05) is 29.9 Å². The van der Waals surface area contributed by atoms with Crippen LogP contribution in [0.4, 0.5) is 0 Å². The summed E-state index contributed by atoms with van der Waals surface area (Å²) in [7, 11) is 0. The van der Waals surface area contributed by atoms with Crippen molar-refractivity contribution in [1.29, 1.82) is 0 Å². The van der Waals surface area contributed by atoms with E-state index in [0.717, 1.165) is 29.7 Å². The van der Waals surface area contributed by atoms with Gasteiger partial charge in [0.2, 0.25) is 5.91 Å². The van der Waals surface area contributed by atoms with Gasteiger partial charge in [-0.05, 0) is 55.9 Å². The molecule has 2 rings (SSSR count). The lowest BCUT2D eigenvalue weighted by Gasteiger charge is -2.15. The van der Waals surface area contributed by atoms with E-state index in [1.54, 1.807) is 0 Å². The lowest BCUT2D eigenvalue weighted by atomic mass is 9.92. The van der Waals surface area contributed by atoms with Gasteiger partial charge in [-0.25, -0.2) is 0 Å². The fourth-order valence-electron chi connectivity index (χ4n) is 2.69. The number of carboxylic acid groups (broad SMARTS) is 1. The summed E-state index contributed by atoms with van der Waals surface area (Å²) in [5.74, 6) is -0.526. The molecule has 2 aliphatic carbocycles. The largest absolute Gasteiger partial charge is 0.480 e. The number of carbonyl (C=O) groups excluding carboxylic acids is 1. The van der Waals surface area contributed by atoms with Gasteiger partial charge >= 0.3 is 5.97 Å². The molecule has 0 fully saturated rings. The molecule has 0 spiro atoms. The molecule has 1 amide bonds. The number of rotatable bonds is 7. The van der Waals surface area contributed by atoms with Gasteiger partial charge in [0, 0.05) is 10.8 Å². The maximum absolute atomic E-state index is 11.9. The second-order valence-electron chi connectivity index (χ2n) is 6.38. The molecule has 4 nitrogen and oxygen atoms in total. The molecule has 0 aromatic rings. The van der Waals surface area contributed by atoms with Crippen LogP contribution in [0.25, 0.3) is 0 Å². The topological polar surface area (TPSA) is 66.4 Å². The second-order valence-corrected chi connectivity index (χ2v) is 7.67. The van der Waals surface area contributed by atoms with E-state index in [0.29, 0.717) is 5.88 Å². The highest BCUT2D eigenvalue weighted by atomic mass is 35.5. The third kappa shape index (κ3) is 5.92. The maximum atomic E-state index is 11.9. The Morgan fingerprint density at radius 1 is 1.23 bits per heavy atom. The van der Waals surface area contributed by atoms with E-state index in [9.17, 15) is 9.59 Å². The number of carbonyl (C=O) groups is 2. The van der Waals surface area contributed by atoms with Gasteiger partial charge in [-0.3, -0.25) is 9.59 Å². The quantitative estimate of drug-likeness (QED) is 0.631. The first-order valence-electron chi connectivity index (χ1n) is 8.58. The predicted molar refractivity (Wildman–Crippen MR) is 108 cm³/mol. The van der Waals surface area contributed by atoms with Crippen molar-refractivity contribution >= 4 is 35.2 Å². The number of aliphatic carboxylic acids is 1. The Labute approximate surface area is 163 Å². The number of hydrogen-bond donors (Lipinski definition) is 2. The average Bonchev–Trinajstić information content (AvgIpc) is 2.81. The van der Waals surface area contributed by atoms with Crippen LogP contribution in [-0.2, 0) is 9.59 Å². The summed E-state index contributed by atoms with van der Waals surface area (Å²) in [6, 6.07) is -0.876. The summed E-state index contributed by atoms with van der Waals surface area (Å²) >= 11 is 7.32. The zero-order valence-corrected chi connectivity index (χ0v) is 16.6. The van der Waals surface area contributed by atoms with Gasteiger partial charge in [0.05, 0.1) is 5.75 Å². The first kappa shape index (κ1) is 20.6. The van der Waals surface area contributed by atoms with E-state index < -0.39 is 12.0 Å².